The number of nitrogens with two attached hydrogens (primary N) is 1. The molecule has 0 unspecified atom stereocenters. The molecule has 0 fully saturated rings. The van der Waals surface area contributed by atoms with Crippen molar-refractivity contribution in [3.63, 3.8) is 0 Å². The molecule has 0 aromatic heterocycles. The third-order valence-corrected chi connectivity index (χ3v) is 1.13. The van der Waals surface area contributed by atoms with Gasteiger partial charge >= 0.3 is 6.03 Å². The second-order valence-corrected chi connectivity index (χ2v) is 2.07. The van der Waals surface area contributed by atoms with Crippen LogP contribution in [0.1, 0.15) is 12.8 Å². The first-order valence-corrected chi connectivity index (χ1v) is 3.40. The quantitative estimate of drug-likeness (QED) is 0.449. The van der Waals surface area contributed by atoms with E-state index in [2.05, 4.69) is 5.32 Å². The van der Waals surface area contributed by atoms with Crippen LogP contribution in [-0.4, -0.2) is 18.5 Å². The Bertz CT molecular complexity index is 87.0. The summed E-state index contributed by atoms with van der Waals surface area (Å²) < 4.78 is 0. The van der Waals surface area contributed by atoms with Gasteiger partial charge in [0, 0.05) is 12.4 Å². The van der Waals surface area contributed by atoms with Crippen LogP contribution in [0.5, 0.6) is 0 Å². The molecule has 0 saturated carbocycles. The number of hydrogen-bond acceptors (Lipinski definition) is 1. The fraction of sp³-hybridized carbons (Fsp3) is 0.800. The van der Waals surface area contributed by atoms with E-state index in [-0.39, 0.29) is 0 Å². The van der Waals surface area contributed by atoms with Crippen molar-refractivity contribution in [1.29, 1.82) is 0 Å². The van der Waals surface area contributed by atoms with E-state index in [1.807, 2.05) is 0 Å². The summed E-state index contributed by atoms with van der Waals surface area (Å²) in [5.74, 6) is 0.639. The van der Waals surface area contributed by atoms with Crippen molar-refractivity contribution in [1.82, 2.24) is 5.32 Å². The normalized spacial score (nSPS) is 9.00. The van der Waals surface area contributed by atoms with E-state index >= 15 is 0 Å². The van der Waals surface area contributed by atoms with Crippen molar-refractivity contribution in [2.75, 3.05) is 12.4 Å². The third-order valence-electron chi connectivity index (χ3n) is 0.860. The highest BCUT2D eigenvalue weighted by atomic mass is 35.5. The Labute approximate surface area is 59.6 Å². The van der Waals surface area contributed by atoms with Gasteiger partial charge in [-0.05, 0) is 12.8 Å². The lowest BCUT2D eigenvalue weighted by molar-refractivity contribution is 0.249. The average molecular weight is 151 g/mol. The van der Waals surface area contributed by atoms with Crippen molar-refractivity contribution in [2.24, 2.45) is 5.73 Å². The highest BCUT2D eigenvalue weighted by molar-refractivity contribution is 6.17. The second-order valence-electron chi connectivity index (χ2n) is 1.69. The molecule has 3 nitrogen and oxygen atoms in total. The van der Waals surface area contributed by atoms with E-state index in [0.717, 1.165) is 12.8 Å². The van der Waals surface area contributed by atoms with E-state index in [1.165, 1.54) is 0 Å². The average Bonchev–Trinajstić information content (AvgIpc) is 1.80. The van der Waals surface area contributed by atoms with Crippen LogP contribution in [-0.2, 0) is 0 Å². The molecule has 0 bridgehead atoms. The molecule has 0 aliphatic heterocycles. The monoisotopic (exact) mass is 150 g/mol. The van der Waals surface area contributed by atoms with Gasteiger partial charge in [0.25, 0.3) is 0 Å². The van der Waals surface area contributed by atoms with Gasteiger partial charge in [-0.25, -0.2) is 4.79 Å². The van der Waals surface area contributed by atoms with Gasteiger partial charge in [0.05, 0.1) is 0 Å². The standard InChI is InChI=1S/C5H11ClN2O/c6-3-1-2-4-8-5(7)9/h1-4H2,(H3,7,8,9). The van der Waals surface area contributed by atoms with Gasteiger partial charge in [-0.3, -0.25) is 0 Å². The fourth-order valence-electron chi connectivity index (χ4n) is 0.431. The Hall–Kier alpha value is -0.440. The molecule has 9 heavy (non-hydrogen) atoms. The summed E-state index contributed by atoms with van der Waals surface area (Å²) in [5.41, 5.74) is 4.79. The number of unbranched alkanes of at least 4 members (excludes halogenated alkanes) is 1. The van der Waals surface area contributed by atoms with Gasteiger partial charge in [-0.2, -0.15) is 0 Å². The first-order valence-electron chi connectivity index (χ1n) is 2.86. The Morgan fingerprint density at radius 2 is 2.22 bits per heavy atom. The molecule has 0 radical (unpaired) electrons. The number of primary amides is 1. The molecule has 54 valence electrons. The number of halogens is 1. The predicted molar refractivity (Wildman–Crippen MR) is 37.5 cm³/mol. The number of alkyl halides is 1. The van der Waals surface area contributed by atoms with Gasteiger partial charge in [-0.15, -0.1) is 11.6 Å². The Morgan fingerprint density at radius 1 is 1.56 bits per heavy atom. The number of amides is 2. The number of carbonyl (C=O) groups excluding carboxylic acids is 1. The molecule has 0 atom stereocenters. The molecule has 0 saturated heterocycles. The van der Waals surface area contributed by atoms with Crippen molar-refractivity contribution in [3.05, 3.63) is 0 Å². The summed E-state index contributed by atoms with van der Waals surface area (Å²) in [7, 11) is 0. The lowest BCUT2D eigenvalue weighted by Crippen LogP contribution is -2.29. The van der Waals surface area contributed by atoms with Crippen molar-refractivity contribution in [3.8, 4) is 0 Å². The molecule has 0 spiro atoms. The molecule has 0 aromatic rings. The lowest BCUT2D eigenvalue weighted by Gasteiger charge is -1.97. The van der Waals surface area contributed by atoms with Crippen LogP contribution < -0.4 is 11.1 Å². The van der Waals surface area contributed by atoms with Crippen molar-refractivity contribution in [2.45, 2.75) is 12.8 Å². The molecular formula is C5H11ClN2O. The molecule has 0 aromatic carbocycles. The van der Waals surface area contributed by atoms with E-state index in [0.29, 0.717) is 12.4 Å². The zero-order valence-corrected chi connectivity index (χ0v) is 5.95. The largest absolute Gasteiger partial charge is 0.352 e. The van der Waals surface area contributed by atoms with Crippen LogP contribution in [0, 0.1) is 0 Å². The summed E-state index contributed by atoms with van der Waals surface area (Å²) in [4.78, 5) is 10.0. The van der Waals surface area contributed by atoms with Crippen LogP contribution in [0.2, 0.25) is 0 Å². The first kappa shape index (κ1) is 8.56. The maximum atomic E-state index is 10.0. The molecule has 4 heteroatoms. The second kappa shape index (κ2) is 5.69. The fourth-order valence-corrected chi connectivity index (χ4v) is 0.620. The maximum Gasteiger partial charge on any atom is 0.312 e. The maximum absolute atomic E-state index is 10.0. The molecular weight excluding hydrogens is 140 g/mol. The van der Waals surface area contributed by atoms with E-state index in [4.69, 9.17) is 17.3 Å². The number of rotatable bonds is 4. The summed E-state index contributed by atoms with van der Waals surface area (Å²) in [5, 5.41) is 2.46. The van der Waals surface area contributed by atoms with Crippen LogP contribution in [0.15, 0.2) is 0 Å². The number of nitrogens with one attached hydrogen (secondary N) is 1. The van der Waals surface area contributed by atoms with E-state index in [1.54, 1.807) is 0 Å². The van der Waals surface area contributed by atoms with E-state index in [9.17, 15) is 4.79 Å². The van der Waals surface area contributed by atoms with E-state index < -0.39 is 6.03 Å². The Kier molecular flexibility index (Phi) is 5.41. The van der Waals surface area contributed by atoms with Gasteiger partial charge < -0.3 is 11.1 Å². The third kappa shape index (κ3) is 7.56. The van der Waals surface area contributed by atoms with Crippen LogP contribution in [0.25, 0.3) is 0 Å². The number of carbonyl (C=O) groups is 1. The predicted octanol–water partition coefficient (Wildman–Crippen LogP) is 0.674. The molecule has 0 aliphatic carbocycles. The van der Waals surface area contributed by atoms with Gasteiger partial charge in [0.2, 0.25) is 0 Å². The smallest absolute Gasteiger partial charge is 0.312 e. The lowest BCUT2D eigenvalue weighted by atomic mass is 10.3. The van der Waals surface area contributed by atoms with Gasteiger partial charge in [0.15, 0.2) is 0 Å². The minimum atomic E-state index is -0.468. The van der Waals surface area contributed by atoms with Gasteiger partial charge in [-0.1, -0.05) is 0 Å². The minimum Gasteiger partial charge on any atom is -0.352 e. The number of urea groups is 1. The van der Waals surface area contributed by atoms with Gasteiger partial charge in [0.1, 0.15) is 0 Å². The van der Waals surface area contributed by atoms with Crippen molar-refractivity contribution < 1.29 is 4.79 Å². The number of hydrogen-bond donors (Lipinski definition) is 2. The van der Waals surface area contributed by atoms with Crippen LogP contribution in [0.3, 0.4) is 0 Å². The molecule has 0 rings (SSSR count). The summed E-state index contributed by atoms with van der Waals surface area (Å²) in [6, 6.07) is -0.468. The minimum absolute atomic E-state index is 0.468. The Morgan fingerprint density at radius 3 is 2.67 bits per heavy atom. The first-order chi connectivity index (χ1) is 4.27. The molecule has 0 heterocycles. The summed E-state index contributed by atoms with van der Waals surface area (Å²) >= 11 is 5.37. The van der Waals surface area contributed by atoms with Crippen molar-refractivity contribution >= 4 is 17.6 Å². The zero-order chi connectivity index (χ0) is 7.11. The molecule has 2 amide bonds. The Balaban J connectivity index is 2.83. The topological polar surface area (TPSA) is 55.1 Å². The zero-order valence-electron chi connectivity index (χ0n) is 5.19. The highest BCUT2D eigenvalue weighted by Crippen LogP contribution is 1.88. The molecule has 0 aliphatic rings. The SMILES string of the molecule is NC(=O)NCCCCCl. The van der Waals surface area contributed by atoms with Crippen LogP contribution >= 0.6 is 11.6 Å². The highest BCUT2D eigenvalue weighted by Gasteiger charge is 1.88. The summed E-state index contributed by atoms with van der Waals surface area (Å²) in [6.45, 7) is 0.627. The summed E-state index contributed by atoms with van der Waals surface area (Å²) in [6.07, 6.45) is 1.81. The molecule has 3 N–H and O–H groups in total. The van der Waals surface area contributed by atoms with Crippen LogP contribution in [0.4, 0.5) is 4.79 Å².